The van der Waals surface area contributed by atoms with Crippen LogP contribution in [0.1, 0.15) is 35.4 Å². The Bertz CT molecular complexity index is 1180. The largest absolute Gasteiger partial charge is 0.493 e. The molecule has 0 amide bonds. The number of para-hydroxylation sites is 1. The van der Waals surface area contributed by atoms with Crippen molar-refractivity contribution in [3.05, 3.63) is 82.4 Å². The maximum absolute atomic E-state index is 6.47. The third-order valence-corrected chi connectivity index (χ3v) is 6.13. The summed E-state index contributed by atoms with van der Waals surface area (Å²) in [5, 5.41) is 7.71. The first-order chi connectivity index (χ1) is 15.6. The smallest absolute Gasteiger partial charge is 0.217 e. The molecule has 0 spiro atoms. The van der Waals surface area contributed by atoms with Crippen LogP contribution in [0.3, 0.4) is 0 Å². The average molecular weight is 451 g/mol. The Balaban J connectivity index is 1.63. The first-order valence-electron chi connectivity index (χ1n) is 10.3. The van der Waals surface area contributed by atoms with Crippen LogP contribution in [-0.4, -0.2) is 32.0 Å². The van der Waals surface area contributed by atoms with Crippen molar-refractivity contribution in [1.29, 1.82) is 0 Å². The van der Waals surface area contributed by atoms with Crippen molar-refractivity contribution in [2.24, 2.45) is 5.10 Å². The van der Waals surface area contributed by atoms with Crippen LogP contribution in [0.15, 0.2) is 65.8 Å². The molecule has 0 fully saturated rings. The summed E-state index contributed by atoms with van der Waals surface area (Å²) < 4.78 is 23.3. The lowest BCUT2D eigenvalue weighted by atomic mass is 9.96. The van der Waals surface area contributed by atoms with Gasteiger partial charge in [0.15, 0.2) is 11.5 Å². The van der Waals surface area contributed by atoms with Crippen molar-refractivity contribution < 1.29 is 18.9 Å². The Labute approximate surface area is 191 Å². The fourth-order valence-corrected chi connectivity index (χ4v) is 4.50. The molecule has 0 unspecified atom stereocenters. The molecule has 0 radical (unpaired) electrons. The lowest BCUT2D eigenvalue weighted by molar-refractivity contribution is -0.0205. The van der Waals surface area contributed by atoms with E-state index in [1.54, 1.807) is 21.3 Å². The van der Waals surface area contributed by atoms with Gasteiger partial charge in [-0.1, -0.05) is 41.9 Å². The van der Waals surface area contributed by atoms with E-state index in [9.17, 15) is 0 Å². The van der Waals surface area contributed by atoms with E-state index in [0.717, 1.165) is 34.6 Å². The summed E-state index contributed by atoms with van der Waals surface area (Å²) >= 11 is 6.09. The number of hydrogen-bond acceptors (Lipinski definition) is 6. The topological polar surface area (TPSA) is 52.5 Å². The molecule has 2 aliphatic heterocycles. The zero-order valence-electron chi connectivity index (χ0n) is 18.0. The molecule has 0 saturated carbocycles. The maximum Gasteiger partial charge on any atom is 0.217 e. The minimum Gasteiger partial charge on any atom is -0.493 e. The van der Waals surface area contributed by atoms with Crippen molar-refractivity contribution in [2.45, 2.75) is 18.7 Å². The molecule has 0 saturated heterocycles. The normalized spacial score (nSPS) is 18.9. The van der Waals surface area contributed by atoms with E-state index in [-0.39, 0.29) is 6.04 Å². The van der Waals surface area contributed by atoms with Gasteiger partial charge in [-0.3, -0.25) is 0 Å². The monoisotopic (exact) mass is 450 g/mol. The van der Waals surface area contributed by atoms with Gasteiger partial charge in [0, 0.05) is 17.0 Å². The molecule has 2 aliphatic rings. The summed E-state index contributed by atoms with van der Waals surface area (Å²) in [5.41, 5.74) is 3.94. The minimum absolute atomic E-state index is 0.0356. The third kappa shape index (κ3) is 3.31. The predicted molar refractivity (Wildman–Crippen MR) is 123 cm³/mol. The molecule has 2 atom stereocenters. The van der Waals surface area contributed by atoms with Crippen LogP contribution in [0.2, 0.25) is 5.02 Å². The van der Waals surface area contributed by atoms with Crippen LogP contribution in [0.25, 0.3) is 0 Å². The van der Waals surface area contributed by atoms with Crippen LogP contribution < -0.4 is 18.9 Å². The third-order valence-electron chi connectivity index (χ3n) is 5.88. The summed E-state index contributed by atoms with van der Waals surface area (Å²) in [6.45, 7) is 0. The second-order valence-corrected chi connectivity index (χ2v) is 8.02. The number of hydrogen-bond donors (Lipinski definition) is 0. The molecule has 0 N–H and O–H groups in total. The number of rotatable bonds is 5. The fraction of sp³-hybridized carbons (Fsp3) is 0.240. The van der Waals surface area contributed by atoms with E-state index >= 15 is 0 Å². The summed E-state index contributed by atoms with van der Waals surface area (Å²) in [6, 6.07) is 19.7. The van der Waals surface area contributed by atoms with Gasteiger partial charge in [-0.25, -0.2) is 5.01 Å². The predicted octanol–water partition coefficient (Wildman–Crippen LogP) is 5.61. The molecule has 5 rings (SSSR count). The quantitative estimate of drug-likeness (QED) is 0.505. The van der Waals surface area contributed by atoms with Gasteiger partial charge in [0.25, 0.3) is 0 Å². The lowest BCUT2D eigenvalue weighted by Crippen LogP contribution is -2.34. The lowest BCUT2D eigenvalue weighted by Gasteiger charge is -2.38. The van der Waals surface area contributed by atoms with Crippen molar-refractivity contribution in [1.82, 2.24) is 5.01 Å². The molecule has 164 valence electrons. The second kappa shape index (κ2) is 8.28. The summed E-state index contributed by atoms with van der Waals surface area (Å²) in [4.78, 5) is 0. The van der Waals surface area contributed by atoms with Gasteiger partial charge in [-0.05, 0) is 35.9 Å². The zero-order valence-corrected chi connectivity index (χ0v) is 18.8. The van der Waals surface area contributed by atoms with Crippen molar-refractivity contribution in [2.75, 3.05) is 21.3 Å². The number of hydrazone groups is 1. The molecule has 0 bridgehead atoms. The average Bonchev–Trinajstić information content (AvgIpc) is 3.28. The first-order valence-corrected chi connectivity index (χ1v) is 10.7. The van der Waals surface area contributed by atoms with Crippen LogP contribution in [0.5, 0.6) is 23.0 Å². The van der Waals surface area contributed by atoms with Crippen LogP contribution >= 0.6 is 11.6 Å². The first kappa shape index (κ1) is 20.5. The summed E-state index contributed by atoms with van der Waals surface area (Å²) in [7, 11) is 4.81. The number of methoxy groups -OCH3 is 3. The van der Waals surface area contributed by atoms with Gasteiger partial charge in [0.1, 0.15) is 5.75 Å². The van der Waals surface area contributed by atoms with Gasteiger partial charge in [0.05, 0.1) is 38.6 Å². The van der Waals surface area contributed by atoms with Gasteiger partial charge >= 0.3 is 0 Å². The van der Waals surface area contributed by atoms with Crippen LogP contribution in [0.4, 0.5) is 0 Å². The number of halogens is 1. The van der Waals surface area contributed by atoms with Crippen LogP contribution in [0, 0.1) is 0 Å². The highest BCUT2D eigenvalue weighted by Crippen LogP contribution is 2.51. The molecular weight excluding hydrogens is 428 g/mol. The molecule has 0 aliphatic carbocycles. The molecular formula is C25H23ClN2O4. The Hall–Kier alpha value is -3.38. The van der Waals surface area contributed by atoms with Crippen LogP contribution in [-0.2, 0) is 0 Å². The second-order valence-electron chi connectivity index (χ2n) is 7.59. The maximum atomic E-state index is 6.47. The Morgan fingerprint density at radius 2 is 1.62 bits per heavy atom. The van der Waals surface area contributed by atoms with Gasteiger partial charge < -0.3 is 18.9 Å². The minimum atomic E-state index is -0.491. The highest BCUT2D eigenvalue weighted by Gasteiger charge is 2.42. The van der Waals surface area contributed by atoms with Gasteiger partial charge in [-0.15, -0.1) is 0 Å². The highest BCUT2D eigenvalue weighted by atomic mass is 35.5. The molecule has 6 nitrogen and oxygen atoms in total. The van der Waals surface area contributed by atoms with E-state index in [1.165, 1.54) is 0 Å². The Morgan fingerprint density at radius 3 is 2.34 bits per heavy atom. The van der Waals surface area contributed by atoms with Gasteiger partial charge in [-0.2, -0.15) is 5.10 Å². The number of nitrogens with zero attached hydrogens (tertiary/aromatic N) is 2. The standard InChI is InChI=1S/C25H23ClN2O4/c1-29-22-13-12-18(23(30-2)24(22)31-3)25-28-20(17-6-4-5-7-21(17)32-25)14-19(27-28)15-8-10-16(26)11-9-15/h4-13,20,25H,14H2,1-3H3/t20-,25+/m1/s1. The summed E-state index contributed by atoms with van der Waals surface area (Å²) in [6.07, 6.45) is 0.267. The Morgan fingerprint density at radius 1 is 0.875 bits per heavy atom. The molecule has 3 aromatic rings. The SMILES string of the molecule is COc1ccc([C@@H]2Oc3ccccc3[C@H]3CC(c4ccc(Cl)cc4)=NN32)c(OC)c1OC. The van der Waals surface area contributed by atoms with E-state index in [2.05, 4.69) is 6.07 Å². The van der Waals surface area contributed by atoms with Gasteiger partial charge in [0.2, 0.25) is 12.0 Å². The van der Waals surface area contributed by atoms with Crippen molar-refractivity contribution in [3.63, 3.8) is 0 Å². The Kier molecular flexibility index (Phi) is 5.31. The highest BCUT2D eigenvalue weighted by molar-refractivity contribution is 6.30. The molecule has 0 aromatic heterocycles. The van der Waals surface area contributed by atoms with Crippen molar-refractivity contribution in [3.8, 4) is 23.0 Å². The number of fused-ring (bicyclic) bond motifs is 3. The summed E-state index contributed by atoms with van der Waals surface area (Å²) in [5.74, 6) is 2.51. The number of ether oxygens (including phenoxy) is 4. The fourth-order valence-electron chi connectivity index (χ4n) is 4.38. The molecule has 3 aromatic carbocycles. The van der Waals surface area contributed by atoms with E-state index < -0.39 is 6.23 Å². The van der Waals surface area contributed by atoms with Crippen molar-refractivity contribution >= 4 is 17.3 Å². The molecule has 32 heavy (non-hydrogen) atoms. The van der Waals surface area contributed by atoms with E-state index in [1.807, 2.05) is 59.6 Å². The zero-order chi connectivity index (χ0) is 22.2. The van der Waals surface area contributed by atoms with E-state index in [0.29, 0.717) is 22.3 Å². The van der Waals surface area contributed by atoms with E-state index in [4.69, 9.17) is 35.6 Å². The number of benzene rings is 3. The molecule has 2 heterocycles. The molecule has 7 heteroatoms.